The van der Waals surface area contributed by atoms with Crippen molar-refractivity contribution in [1.82, 2.24) is 0 Å². The van der Waals surface area contributed by atoms with Crippen LogP contribution in [-0.4, -0.2) is 16.1 Å². The number of rotatable bonds is 0. The Labute approximate surface area is 193 Å². The van der Waals surface area contributed by atoms with Crippen LogP contribution in [0.15, 0.2) is 0 Å². The molecule has 3 rings (SSSR count). The van der Waals surface area contributed by atoms with E-state index in [1.165, 1.54) is 0 Å². The van der Waals surface area contributed by atoms with Crippen molar-refractivity contribution < 1.29 is 35.1 Å². The summed E-state index contributed by atoms with van der Waals surface area (Å²) in [6.45, 7) is 10.4. The van der Waals surface area contributed by atoms with Crippen LogP contribution in [0.5, 0.6) is 0 Å². The molecule has 3 aromatic carbocycles. The van der Waals surface area contributed by atoms with Gasteiger partial charge >= 0.3 is 0 Å². The third-order valence-corrected chi connectivity index (χ3v) is 6.41. The molecule has 3 aromatic rings. The van der Waals surface area contributed by atoms with Gasteiger partial charge in [-0.2, -0.15) is 0 Å². The number of benzene rings is 3. The van der Waals surface area contributed by atoms with Gasteiger partial charge in [0.2, 0.25) is 0 Å². The van der Waals surface area contributed by atoms with Crippen molar-refractivity contribution in [2.75, 3.05) is 0 Å². The molecular weight excluding hydrogens is 496 g/mol. The Hall–Kier alpha value is -2.83. The van der Waals surface area contributed by atoms with Gasteiger partial charge in [0.15, 0.2) is 46.5 Å². The molecule has 0 aliphatic rings. The average Bonchev–Trinajstić information content (AvgIpc) is 2.73. The Morgan fingerprint density at radius 3 is 0.765 bits per heavy atom. The van der Waals surface area contributed by atoms with Gasteiger partial charge in [-0.25, -0.2) is 35.1 Å². The minimum Gasteiger partial charge on any atom is -0.203 e. The third-order valence-electron chi connectivity index (χ3n) is 4.66. The summed E-state index contributed by atoms with van der Waals surface area (Å²) in [7, 11) is -4.66. The van der Waals surface area contributed by atoms with Crippen molar-refractivity contribution in [3.8, 4) is 22.9 Å². The van der Waals surface area contributed by atoms with Crippen LogP contribution in [0.3, 0.4) is 0 Å². The van der Waals surface area contributed by atoms with Gasteiger partial charge in [0, 0.05) is 32.7 Å². The van der Waals surface area contributed by atoms with Crippen molar-refractivity contribution in [1.29, 1.82) is 0 Å². The molecule has 0 aliphatic heterocycles. The summed E-state index contributed by atoms with van der Waals surface area (Å²) in [6, 6.07) is 0. The Morgan fingerprint density at radius 2 is 0.588 bits per heavy atom. The molecule has 0 bridgehead atoms. The molecule has 0 aromatic heterocycles. The summed E-state index contributed by atoms with van der Waals surface area (Å²) in [5.41, 5.74) is 3.77. The molecule has 0 heterocycles. The van der Waals surface area contributed by atoms with Gasteiger partial charge in [0.25, 0.3) is 0 Å². The molecule has 0 nitrogen and oxygen atoms in total. The molecule has 0 amide bonds. The lowest BCUT2D eigenvalue weighted by Gasteiger charge is -2.16. The SMILES string of the molecule is C[Si](C)(C)C#Cc1c2c(F)c(F)c(F)c(F)c2c(C#C[Si](C)(C)C)c2c(F)c(F)c(F)c(F)c12. The van der Waals surface area contributed by atoms with Gasteiger partial charge in [-0.05, 0) is 0 Å². The first kappa shape index (κ1) is 25.8. The number of hydrogen-bond donors (Lipinski definition) is 0. The molecule has 10 heteroatoms. The monoisotopic (exact) mass is 514 g/mol. The Balaban J connectivity index is 2.89. The normalized spacial score (nSPS) is 11.9. The van der Waals surface area contributed by atoms with Gasteiger partial charge in [0.05, 0.1) is 0 Å². The Morgan fingerprint density at radius 1 is 0.382 bits per heavy atom. The molecule has 34 heavy (non-hydrogen) atoms. The Bertz CT molecular complexity index is 1310. The zero-order chi connectivity index (χ0) is 25.9. The van der Waals surface area contributed by atoms with Crippen LogP contribution in [0, 0.1) is 69.5 Å². The summed E-state index contributed by atoms with van der Waals surface area (Å²) in [6.07, 6.45) is 0. The molecule has 0 unspecified atom stereocenters. The van der Waals surface area contributed by atoms with Gasteiger partial charge in [-0.3, -0.25) is 0 Å². The third kappa shape index (κ3) is 4.32. The number of fused-ring (bicyclic) bond motifs is 2. The number of halogens is 8. The highest BCUT2D eigenvalue weighted by atomic mass is 28.3. The van der Waals surface area contributed by atoms with Gasteiger partial charge in [-0.1, -0.05) is 51.1 Å². The second kappa shape index (κ2) is 8.44. The summed E-state index contributed by atoms with van der Waals surface area (Å²) in [5, 5.41) is -4.12. The smallest absolute Gasteiger partial charge is 0.198 e. The van der Waals surface area contributed by atoms with Crippen LogP contribution in [0.2, 0.25) is 39.3 Å². The molecule has 0 fully saturated rings. The van der Waals surface area contributed by atoms with E-state index in [1.807, 2.05) is 0 Å². The maximum Gasteiger partial charge on any atom is 0.198 e. The molecule has 0 N–H and O–H groups in total. The maximum atomic E-state index is 15.1. The fourth-order valence-electron chi connectivity index (χ4n) is 3.20. The average molecular weight is 515 g/mol. The first-order chi connectivity index (χ1) is 15.5. The highest BCUT2D eigenvalue weighted by Crippen LogP contribution is 2.41. The molecule has 0 atom stereocenters. The highest BCUT2D eigenvalue weighted by Gasteiger charge is 2.32. The zero-order valence-electron chi connectivity index (χ0n) is 19.0. The molecule has 178 valence electrons. The second-order valence-corrected chi connectivity index (χ2v) is 19.3. The van der Waals surface area contributed by atoms with Crippen molar-refractivity contribution in [3.05, 3.63) is 57.7 Å². The van der Waals surface area contributed by atoms with E-state index < -0.39 is 95.4 Å². The van der Waals surface area contributed by atoms with Crippen LogP contribution in [0.4, 0.5) is 35.1 Å². The van der Waals surface area contributed by atoms with E-state index in [4.69, 9.17) is 0 Å². The van der Waals surface area contributed by atoms with Crippen LogP contribution in [-0.2, 0) is 0 Å². The largest absolute Gasteiger partial charge is 0.203 e. The van der Waals surface area contributed by atoms with E-state index in [2.05, 4.69) is 22.9 Å². The Kier molecular flexibility index (Phi) is 6.40. The summed E-state index contributed by atoms with van der Waals surface area (Å²) >= 11 is 0. The molecule has 0 saturated heterocycles. The molecule has 0 saturated carbocycles. The highest BCUT2D eigenvalue weighted by molar-refractivity contribution is 6.84. The predicted octanol–water partition coefficient (Wildman–Crippen LogP) is 7.56. The van der Waals surface area contributed by atoms with Gasteiger partial charge < -0.3 is 0 Å². The minimum absolute atomic E-state index is 0.823. The lowest BCUT2D eigenvalue weighted by Crippen LogP contribution is -2.17. The molecule has 0 spiro atoms. The molecular formula is C24H18F8Si2. The van der Waals surface area contributed by atoms with Gasteiger partial charge in [-0.15, -0.1) is 11.1 Å². The van der Waals surface area contributed by atoms with Gasteiger partial charge in [0.1, 0.15) is 16.1 Å². The van der Waals surface area contributed by atoms with E-state index in [0.717, 1.165) is 0 Å². The zero-order valence-corrected chi connectivity index (χ0v) is 21.0. The van der Waals surface area contributed by atoms with Crippen LogP contribution >= 0.6 is 0 Å². The van der Waals surface area contributed by atoms with Crippen LogP contribution < -0.4 is 0 Å². The van der Waals surface area contributed by atoms with Crippen molar-refractivity contribution in [2.45, 2.75) is 39.3 Å². The fourth-order valence-corrected chi connectivity index (χ4v) is 4.20. The lowest BCUT2D eigenvalue weighted by molar-refractivity contribution is 0.416. The van der Waals surface area contributed by atoms with Crippen molar-refractivity contribution >= 4 is 37.7 Å². The van der Waals surface area contributed by atoms with Crippen LogP contribution in [0.25, 0.3) is 21.5 Å². The fraction of sp³-hybridized carbons (Fsp3) is 0.250. The first-order valence-electron chi connectivity index (χ1n) is 10.0. The molecule has 0 aliphatic carbocycles. The van der Waals surface area contributed by atoms with E-state index in [0.29, 0.717) is 0 Å². The summed E-state index contributed by atoms with van der Waals surface area (Å²) in [4.78, 5) is 0. The standard InChI is InChI=1S/C24H18F8Si2/c1-33(2,3)9-7-11-13-15(19(27)23(31)21(29)17(13)25)12(8-10-34(4,5)6)16-14(11)18(26)22(30)24(32)20(16)28/h1-6H3. The van der Waals surface area contributed by atoms with Crippen LogP contribution in [0.1, 0.15) is 11.1 Å². The van der Waals surface area contributed by atoms with Crippen molar-refractivity contribution in [2.24, 2.45) is 0 Å². The summed E-state index contributed by atoms with van der Waals surface area (Å²) in [5.74, 6) is -11.8. The number of hydrogen-bond acceptors (Lipinski definition) is 0. The first-order valence-corrected chi connectivity index (χ1v) is 17.0. The molecule has 0 radical (unpaired) electrons. The predicted molar refractivity (Wildman–Crippen MR) is 122 cm³/mol. The van der Waals surface area contributed by atoms with E-state index >= 15 is 17.6 Å². The van der Waals surface area contributed by atoms with E-state index in [-0.39, 0.29) is 0 Å². The topological polar surface area (TPSA) is 0 Å². The quantitative estimate of drug-likeness (QED) is 0.0725. The maximum absolute atomic E-state index is 15.1. The minimum atomic E-state index is -2.33. The second-order valence-electron chi connectivity index (χ2n) is 9.76. The van der Waals surface area contributed by atoms with Crippen molar-refractivity contribution in [3.63, 3.8) is 0 Å². The lowest BCUT2D eigenvalue weighted by atomic mass is 9.90. The van der Waals surface area contributed by atoms with E-state index in [1.54, 1.807) is 39.3 Å². The summed E-state index contributed by atoms with van der Waals surface area (Å²) < 4.78 is 117. The van der Waals surface area contributed by atoms with E-state index in [9.17, 15) is 17.6 Å².